The maximum absolute atomic E-state index is 12.5. The number of hydrogen-bond acceptors (Lipinski definition) is 6. The number of methoxy groups -OCH3 is 2. The number of para-hydroxylation sites is 2. The van der Waals surface area contributed by atoms with Gasteiger partial charge in [0.1, 0.15) is 17.6 Å². The number of H-pyrrole nitrogens is 1. The van der Waals surface area contributed by atoms with Crippen molar-refractivity contribution in [2.24, 2.45) is 0 Å². The van der Waals surface area contributed by atoms with Gasteiger partial charge in [-0.3, -0.25) is 0 Å². The SMILES string of the molecule is COc1ccc(C(=O)Oc2ccc(C=C(C#N)c3nc4ccccc4[nH]3)cc2OC)cc1. The predicted octanol–water partition coefficient (Wildman–Crippen LogP) is 4.86. The fourth-order valence-electron chi connectivity index (χ4n) is 3.14. The lowest BCUT2D eigenvalue weighted by Crippen LogP contribution is -2.09. The molecule has 0 aliphatic heterocycles. The molecule has 0 saturated carbocycles. The van der Waals surface area contributed by atoms with Gasteiger partial charge in [-0.05, 0) is 60.2 Å². The summed E-state index contributed by atoms with van der Waals surface area (Å²) in [4.78, 5) is 20.1. The minimum absolute atomic E-state index is 0.271. The Bertz CT molecular complexity index is 1310. The van der Waals surface area contributed by atoms with Gasteiger partial charge in [0.05, 0.1) is 36.4 Å². The van der Waals surface area contributed by atoms with Crippen molar-refractivity contribution in [2.75, 3.05) is 14.2 Å². The number of carbonyl (C=O) groups excluding carboxylic acids is 1. The van der Waals surface area contributed by atoms with Crippen molar-refractivity contribution < 1.29 is 19.0 Å². The molecule has 32 heavy (non-hydrogen) atoms. The number of ether oxygens (including phenoxy) is 3. The van der Waals surface area contributed by atoms with E-state index >= 15 is 0 Å². The third-order valence-corrected chi connectivity index (χ3v) is 4.79. The highest BCUT2D eigenvalue weighted by atomic mass is 16.6. The second-order valence-electron chi connectivity index (χ2n) is 6.80. The van der Waals surface area contributed by atoms with Crippen molar-refractivity contribution in [3.63, 3.8) is 0 Å². The zero-order chi connectivity index (χ0) is 22.5. The highest BCUT2D eigenvalue weighted by molar-refractivity contribution is 5.92. The molecule has 1 N–H and O–H groups in total. The summed E-state index contributed by atoms with van der Waals surface area (Å²) in [6.45, 7) is 0. The number of fused-ring (bicyclic) bond motifs is 1. The van der Waals surface area contributed by atoms with E-state index in [0.717, 1.165) is 11.0 Å². The van der Waals surface area contributed by atoms with Crippen LogP contribution >= 0.6 is 0 Å². The molecular weight excluding hydrogens is 406 g/mol. The van der Waals surface area contributed by atoms with Crippen LogP contribution in [0.1, 0.15) is 21.7 Å². The van der Waals surface area contributed by atoms with Gasteiger partial charge in [0.25, 0.3) is 0 Å². The second-order valence-corrected chi connectivity index (χ2v) is 6.80. The Morgan fingerprint density at radius 3 is 2.47 bits per heavy atom. The van der Waals surface area contributed by atoms with E-state index in [2.05, 4.69) is 16.0 Å². The lowest BCUT2D eigenvalue weighted by Gasteiger charge is -2.10. The van der Waals surface area contributed by atoms with Gasteiger partial charge in [-0.2, -0.15) is 5.26 Å². The largest absolute Gasteiger partial charge is 0.497 e. The molecule has 1 heterocycles. The summed E-state index contributed by atoms with van der Waals surface area (Å²) in [7, 11) is 3.04. The van der Waals surface area contributed by atoms with E-state index in [1.807, 2.05) is 24.3 Å². The summed E-state index contributed by atoms with van der Waals surface area (Å²) < 4.78 is 16.0. The van der Waals surface area contributed by atoms with Crippen LogP contribution in [0.3, 0.4) is 0 Å². The van der Waals surface area contributed by atoms with E-state index in [1.165, 1.54) is 7.11 Å². The van der Waals surface area contributed by atoms with Crippen LogP contribution < -0.4 is 14.2 Å². The molecule has 0 spiro atoms. The van der Waals surface area contributed by atoms with Crippen LogP contribution in [0.15, 0.2) is 66.7 Å². The number of esters is 1. The molecule has 0 aliphatic rings. The van der Waals surface area contributed by atoms with Gasteiger partial charge in [-0.25, -0.2) is 9.78 Å². The number of allylic oxidation sites excluding steroid dienone is 1. The van der Waals surface area contributed by atoms with Crippen molar-refractivity contribution >= 4 is 28.7 Å². The smallest absolute Gasteiger partial charge is 0.343 e. The van der Waals surface area contributed by atoms with Gasteiger partial charge in [0.15, 0.2) is 11.5 Å². The molecule has 1 aromatic heterocycles. The number of nitrogens with one attached hydrogen (secondary N) is 1. The molecule has 0 atom stereocenters. The minimum atomic E-state index is -0.519. The zero-order valence-corrected chi connectivity index (χ0v) is 17.5. The number of benzene rings is 3. The standard InChI is InChI=1S/C25H19N3O4/c1-30-19-10-8-17(9-11-19)25(29)32-22-12-7-16(14-23(22)31-2)13-18(15-26)24-27-20-5-3-4-6-21(20)28-24/h3-14H,1-2H3,(H,27,28). The van der Waals surface area contributed by atoms with E-state index < -0.39 is 5.97 Å². The summed E-state index contributed by atoms with van der Waals surface area (Å²) in [5.74, 6) is 1.24. The maximum Gasteiger partial charge on any atom is 0.343 e. The average Bonchev–Trinajstić information content (AvgIpc) is 3.27. The Kier molecular flexibility index (Phi) is 5.86. The Morgan fingerprint density at radius 1 is 1.00 bits per heavy atom. The Balaban J connectivity index is 1.59. The first-order valence-electron chi connectivity index (χ1n) is 9.72. The van der Waals surface area contributed by atoms with Crippen molar-refractivity contribution in [1.82, 2.24) is 9.97 Å². The molecule has 0 saturated heterocycles. The normalized spacial score (nSPS) is 11.1. The van der Waals surface area contributed by atoms with Crippen LogP contribution in [-0.4, -0.2) is 30.2 Å². The van der Waals surface area contributed by atoms with Gasteiger partial charge in [-0.1, -0.05) is 18.2 Å². The molecule has 0 radical (unpaired) electrons. The Morgan fingerprint density at radius 2 is 1.78 bits per heavy atom. The number of carbonyl (C=O) groups is 1. The maximum atomic E-state index is 12.5. The van der Waals surface area contributed by atoms with Gasteiger partial charge in [-0.15, -0.1) is 0 Å². The zero-order valence-electron chi connectivity index (χ0n) is 17.5. The fourth-order valence-corrected chi connectivity index (χ4v) is 3.14. The number of aromatic nitrogens is 2. The summed E-state index contributed by atoms with van der Waals surface area (Å²) in [6, 6.07) is 21.4. The first-order valence-corrected chi connectivity index (χ1v) is 9.72. The van der Waals surface area contributed by atoms with Crippen LogP contribution in [0.2, 0.25) is 0 Å². The molecule has 158 valence electrons. The highest BCUT2D eigenvalue weighted by Gasteiger charge is 2.14. The van der Waals surface area contributed by atoms with Gasteiger partial charge < -0.3 is 19.2 Å². The number of hydrogen-bond donors (Lipinski definition) is 1. The van der Waals surface area contributed by atoms with Gasteiger partial charge >= 0.3 is 5.97 Å². The summed E-state index contributed by atoms with van der Waals surface area (Å²) in [6.07, 6.45) is 1.69. The van der Waals surface area contributed by atoms with E-state index in [-0.39, 0.29) is 5.75 Å². The first-order chi connectivity index (χ1) is 15.6. The van der Waals surface area contributed by atoms with Crippen molar-refractivity contribution in [3.8, 4) is 23.3 Å². The molecule has 7 heteroatoms. The van der Waals surface area contributed by atoms with Crippen LogP contribution in [0.25, 0.3) is 22.7 Å². The lowest BCUT2D eigenvalue weighted by molar-refractivity contribution is 0.0729. The van der Waals surface area contributed by atoms with Crippen LogP contribution in [-0.2, 0) is 0 Å². The first kappa shape index (κ1) is 20.7. The Labute approximate surface area is 184 Å². The van der Waals surface area contributed by atoms with Crippen molar-refractivity contribution in [2.45, 2.75) is 0 Å². The van der Waals surface area contributed by atoms with Crippen molar-refractivity contribution in [1.29, 1.82) is 5.26 Å². The van der Waals surface area contributed by atoms with E-state index in [9.17, 15) is 10.1 Å². The molecule has 4 aromatic rings. The summed E-state index contributed by atoms with van der Waals surface area (Å²) in [5, 5.41) is 9.64. The highest BCUT2D eigenvalue weighted by Crippen LogP contribution is 2.30. The monoisotopic (exact) mass is 425 g/mol. The topological polar surface area (TPSA) is 97.2 Å². The molecular formula is C25H19N3O4. The number of nitriles is 1. The average molecular weight is 425 g/mol. The van der Waals surface area contributed by atoms with Gasteiger partial charge in [0.2, 0.25) is 0 Å². The fraction of sp³-hybridized carbons (Fsp3) is 0.0800. The minimum Gasteiger partial charge on any atom is -0.497 e. The number of rotatable bonds is 6. The molecule has 0 amide bonds. The third-order valence-electron chi connectivity index (χ3n) is 4.79. The van der Waals surface area contributed by atoms with Gasteiger partial charge in [0, 0.05) is 0 Å². The number of imidazole rings is 1. The summed E-state index contributed by atoms with van der Waals surface area (Å²) in [5.41, 5.74) is 3.08. The van der Waals surface area contributed by atoms with Crippen LogP contribution in [0.5, 0.6) is 17.2 Å². The third kappa shape index (κ3) is 4.30. The lowest BCUT2D eigenvalue weighted by atomic mass is 10.1. The molecule has 0 aliphatic carbocycles. The van der Waals surface area contributed by atoms with Crippen molar-refractivity contribution in [3.05, 3.63) is 83.7 Å². The molecule has 0 unspecified atom stereocenters. The quantitative estimate of drug-likeness (QED) is 0.269. The summed E-state index contributed by atoms with van der Waals surface area (Å²) >= 11 is 0. The molecule has 4 rings (SSSR count). The van der Waals surface area contributed by atoms with E-state index in [4.69, 9.17) is 14.2 Å². The number of aromatic amines is 1. The number of nitrogens with zero attached hydrogens (tertiary/aromatic N) is 2. The second kappa shape index (κ2) is 9.06. The van der Waals surface area contributed by atoms with Crippen LogP contribution in [0, 0.1) is 11.3 Å². The molecule has 0 fully saturated rings. The Hall–Kier alpha value is -4.57. The van der Waals surface area contributed by atoms with E-state index in [1.54, 1.807) is 55.7 Å². The molecule has 3 aromatic carbocycles. The molecule has 7 nitrogen and oxygen atoms in total. The predicted molar refractivity (Wildman–Crippen MR) is 121 cm³/mol. The molecule has 0 bridgehead atoms. The van der Waals surface area contributed by atoms with Crippen LogP contribution in [0.4, 0.5) is 0 Å². The van der Waals surface area contributed by atoms with E-state index in [0.29, 0.717) is 34.0 Å².